The van der Waals surface area contributed by atoms with Crippen molar-refractivity contribution in [3.05, 3.63) is 34.9 Å². The molecule has 0 aliphatic rings. The Morgan fingerprint density at radius 2 is 2.06 bits per heavy atom. The predicted molar refractivity (Wildman–Crippen MR) is 85.3 cm³/mol. The van der Waals surface area contributed by atoms with Gasteiger partial charge in [0.15, 0.2) is 5.54 Å². The summed E-state index contributed by atoms with van der Waals surface area (Å²) in [6.07, 6.45) is 0. The van der Waals surface area contributed by atoms with E-state index in [4.69, 9.17) is 11.6 Å². The van der Waals surface area contributed by atoms with Crippen molar-refractivity contribution in [2.45, 2.75) is 39.3 Å². The van der Waals surface area contributed by atoms with Crippen LogP contribution in [-0.2, 0) is 0 Å². The molecule has 0 bridgehead atoms. The average Bonchev–Trinajstić information content (AvgIpc) is 2.26. The number of nitrogens with zero attached hydrogens (tertiary/aromatic N) is 1. The normalized spacial score (nSPS) is 14.4. The Morgan fingerprint density at radius 3 is 2.50 bits per heavy atom. The largest absolute Gasteiger partial charge is 0.287 e. The van der Waals surface area contributed by atoms with Crippen molar-refractivity contribution in [2.24, 2.45) is 0 Å². The van der Waals surface area contributed by atoms with E-state index in [0.29, 0.717) is 10.6 Å². The van der Waals surface area contributed by atoms with Crippen molar-refractivity contribution in [3.63, 3.8) is 0 Å². The quantitative estimate of drug-likeness (QED) is 0.334. The molecule has 0 fully saturated rings. The lowest BCUT2D eigenvalue weighted by atomic mass is 10.0. The van der Waals surface area contributed by atoms with Crippen LogP contribution in [0.2, 0.25) is 5.02 Å². The molecule has 4 heteroatoms. The van der Waals surface area contributed by atoms with Crippen LogP contribution in [0.5, 0.6) is 0 Å². The Hall–Kier alpha value is -0.420. The molecule has 0 heterocycles. The second-order valence-electron chi connectivity index (χ2n) is 5.23. The number of hydrogen-bond acceptors (Lipinski definition) is 1. The summed E-state index contributed by atoms with van der Waals surface area (Å²) >= 11 is 8.09. The Morgan fingerprint density at radius 1 is 1.44 bits per heavy atom. The van der Waals surface area contributed by atoms with Gasteiger partial charge in [0.1, 0.15) is 0 Å². The lowest BCUT2D eigenvalue weighted by molar-refractivity contribution is -0.606. The van der Waals surface area contributed by atoms with Gasteiger partial charge in [-0.3, -0.25) is 4.79 Å². The monoisotopic (exact) mass is 378 g/mol. The molecule has 1 atom stereocenters. The molecule has 0 aliphatic heterocycles. The lowest BCUT2D eigenvalue weighted by Gasteiger charge is -2.21. The van der Waals surface area contributed by atoms with Gasteiger partial charge in [0.25, 0.3) is 0 Å². The van der Waals surface area contributed by atoms with E-state index in [1.165, 1.54) is 0 Å². The molecule has 0 aliphatic carbocycles. The van der Waals surface area contributed by atoms with Gasteiger partial charge in [-0.1, -0.05) is 23.7 Å². The van der Waals surface area contributed by atoms with E-state index in [1.54, 1.807) is 24.3 Å². The molecule has 0 spiro atoms. The number of ketones is 1. The summed E-state index contributed by atoms with van der Waals surface area (Å²) in [7, 11) is 0. The zero-order chi connectivity index (χ0) is 13.9. The van der Waals surface area contributed by atoms with Gasteiger partial charge in [-0.2, -0.15) is 0 Å². The molecular weight excluding hydrogens is 361 g/mol. The Kier molecular flexibility index (Phi) is 5.34. The summed E-state index contributed by atoms with van der Waals surface area (Å²) in [5.74, 6) is 0.0836. The number of carbonyl (C=O) groups is 1. The van der Waals surface area contributed by atoms with Crippen molar-refractivity contribution < 1.29 is 9.37 Å². The Labute approximate surface area is 127 Å². The van der Waals surface area contributed by atoms with E-state index in [-0.39, 0.29) is 17.4 Å². The zero-order valence-electron chi connectivity index (χ0n) is 11.1. The van der Waals surface area contributed by atoms with E-state index >= 15 is 0 Å². The van der Waals surface area contributed by atoms with E-state index in [0.717, 1.165) is 0 Å². The number of hydrogen-bond donors (Lipinski definition) is 0. The molecule has 0 amide bonds. The first kappa shape index (κ1) is 15.6. The molecule has 0 saturated heterocycles. The SMILES string of the molecule is CC(C(=O)c1cccc(Cl)c1)[N+](=CI)C(C)(C)C. The molecule has 1 unspecified atom stereocenters. The summed E-state index contributed by atoms with van der Waals surface area (Å²) in [5, 5.41) is 0.591. The Balaban J connectivity index is 3.05. The third kappa shape index (κ3) is 3.79. The number of carbonyl (C=O) groups excluding carboxylic acids is 1. The number of benzene rings is 1. The maximum Gasteiger partial charge on any atom is 0.229 e. The van der Waals surface area contributed by atoms with Gasteiger partial charge >= 0.3 is 0 Å². The average molecular weight is 379 g/mol. The number of halogens is 2. The maximum absolute atomic E-state index is 12.4. The van der Waals surface area contributed by atoms with Gasteiger partial charge in [0.2, 0.25) is 16.0 Å². The summed E-state index contributed by atoms with van der Waals surface area (Å²) in [6.45, 7) is 8.18. The molecule has 0 radical (unpaired) electrons. The first-order valence-electron chi connectivity index (χ1n) is 5.79. The van der Waals surface area contributed by atoms with Crippen molar-refractivity contribution >= 4 is 44.2 Å². The van der Waals surface area contributed by atoms with E-state index in [9.17, 15) is 4.79 Å². The molecule has 0 aromatic heterocycles. The van der Waals surface area contributed by atoms with Gasteiger partial charge in [-0.05, 0) is 32.9 Å². The fraction of sp³-hybridized carbons (Fsp3) is 0.429. The maximum atomic E-state index is 12.4. The topological polar surface area (TPSA) is 20.1 Å². The minimum Gasteiger partial charge on any atom is -0.287 e. The number of rotatable bonds is 3. The molecule has 18 heavy (non-hydrogen) atoms. The van der Waals surface area contributed by atoms with Gasteiger partial charge < -0.3 is 0 Å². The van der Waals surface area contributed by atoms with Crippen LogP contribution in [0.3, 0.4) is 0 Å². The first-order chi connectivity index (χ1) is 8.27. The van der Waals surface area contributed by atoms with Crippen molar-refractivity contribution in [3.8, 4) is 0 Å². The van der Waals surface area contributed by atoms with Crippen molar-refractivity contribution in [1.82, 2.24) is 0 Å². The molecule has 98 valence electrons. The third-order valence-electron chi connectivity index (χ3n) is 2.79. The predicted octanol–water partition coefficient (Wildman–Crippen LogP) is 4.19. The van der Waals surface area contributed by atoms with Crippen molar-refractivity contribution in [2.75, 3.05) is 0 Å². The lowest BCUT2D eigenvalue weighted by Crippen LogP contribution is -2.43. The highest BCUT2D eigenvalue weighted by atomic mass is 127. The molecular formula is C14H18ClINO+. The van der Waals surface area contributed by atoms with E-state index in [2.05, 4.69) is 47.9 Å². The highest BCUT2D eigenvalue weighted by molar-refractivity contribution is 14.1. The minimum atomic E-state index is -0.208. The fourth-order valence-corrected chi connectivity index (χ4v) is 3.33. The molecule has 1 aromatic rings. The molecule has 0 saturated carbocycles. The second kappa shape index (κ2) is 6.15. The Bertz CT molecular complexity index is 477. The molecule has 2 nitrogen and oxygen atoms in total. The minimum absolute atomic E-state index is 0.0836. The van der Waals surface area contributed by atoms with Crippen LogP contribution in [-0.4, -0.2) is 26.2 Å². The van der Waals surface area contributed by atoms with Gasteiger partial charge in [0, 0.05) is 40.1 Å². The van der Waals surface area contributed by atoms with E-state index in [1.807, 2.05) is 11.1 Å². The number of Topliss-reactive ketones (excluding diaryl/α,β-unsaturated/α-hetero) is 1. The zero-order valence-corrected chi connectivity index (χ0v) is 14.0. The summed E-state index contributed by atoms with van der Waals surface area (Å²) in [6, 6.07) is 6.89. The van der Waals surface area contributed by atoms with Crippen LogP contribution in [0.25, 0.3) is 0 Å². The fourth-order valence-electron chi connectivity index (χ4n) is 1.82. The smallest absolute Gasteiger partial charge is 0.229 e. The summed E-state index contributed by atoms with van der Waals surface area (Å²) < 4.78 is 3.99. The van der Waals surface area contributed by atoms with Gasteiger partial charge in [0.05, 0.1) is 0 Å². The van der Waals surface area contributed by atoms with Crippen molar-refractivity contribution in [1.29, 1.82) is 0 Å². The summed E-state index contributed by atoms with van der Waals surface area (Å²) in [5.41, 5.74) is 0.567. The second-order valence-corrected chi connectivity index (χ2v) is 6.22. The standard InChI is InChI=1S/C14H18ClINO/c1-10(17(9-16)14(2,3)4)13(18)11-6-5-7-12(15)8-11/h5-10H,1-4H3/q+1. The first-order valence-corrected chi connectivity index (χ1v) is 7.41. The molecule has 1 rings (SSSR count). The van der Waals surface area contributed by atoms with Crippen LogP contribution >= 0.6 is 34.2 Å². The van der Waals surface area contributed by atoms with Gasteiger partial charge in [-0.25, -0.2) is 4.58 Å². The van der Waals surface area contributed by atoms with Crippen LogP contribution in [0.15, 0.2) is 24.3 Å². The highest BCUT2D eigenvalue weighted by Gasteiger charge is 2.33. The highest BCUT2D eigenvalue weighted by Crippen LogP contribution is 2.17. The third-order valence-corrected chi connectivity index (χ3v) is 3.62. The van der Waals surface area contributed by atoms with E-state index < -0.39 is 0 Å². The van der Waals surface area contributed by atoms with Crippen LogP contribution < -0.4 is 0 Å². The molecule has 0 N–H and O–H groups in total. The van der Waals surface area contributed by atoms with Gasteiger partial charge in [-0.15, -0.1) is 0 Å². The van der Waals surface area contributed by atoms with Crippen LogP contribution in [0, 0.1) is 0 Å². The van der Waals surface area contributed by atoms with Crippen LogP contribution in [0.4, 0.5) is 0 Å². The van der Waals surface area contributed by atoms with Crippen LogP contribution in [0.1, 0.15) is 38.1 Å². The summed E-state index contributed by atoms with van der Waals surface area (Å²) in [4.78, 5) is 12.4. The molecule has 1 aromatic carbocycles.